The van der Waals surface area contributed by atoms with Gasteiger partial charge in [-0.1, -0.05) is 42.5 Å². The molecule has 0 N–H and O–H groups in total. The summed E-state index contributed by atoms with van der Waals surface area (Å²) in [5.41, 5.74) is 5.20. The molecule has 0 aliphatic heterocycles. The fourth-order valence-electron chi connectivity index (χ4n) is 2.58. The van der Waals surface area contributed by atoms with Crippen LogP contribution in [0.5, 0.6) is 0 Å². The van der Waals surface area contributed by atoms with Gasteiger partial charge in [-0.3, -0.25) is 4.98 Å². The molecular formula is C20H15N3. The van der Waals surface area contributed by atoms with Crippen molar-refractivity contribution in [1.82, 2.24) is 14.5 Å². The van der Waals surface area contributed by atoms with Crippen molar-refractivity contribution in [2.24, 2.45) is 0 Å². The molecule has 0 aliphatic carbocycles. The Kier molecular flexibility index (Phi) is 3.45. The largest absolute Gasteiger partial charge is 0.306 e. The molecule has 2 aromatic carbocycles. The Hall–Kier alpha value is -3.20. The predicted octanol–water partition coefficient (Wildman–Crippen LogP) is 4.60. The fourth-order valence-corrected chi connectivity index (χ4v) is 2.58. The molecule has 2 heterocycles. The van der Waals surface area contributed by atoms with Crippen LogP contribution in [0.25, 0.3) is 28.2 Å². The van der Waals surface area contributed by atoms with Crippen LogP contribution in [-0.4, -0.2) is 14.5 Å². The van der Waals surface area contributed by atoms with Crippen molar-refractivity contribution < 1.29 is 0 Å². The van der Waals surface area contributed by atoms with Gasteiger partial charge in [-0.15, -0.1) is 0 Å². The molecule has 0 saturated heterocycles. The summed E-state index contributed by atoms with van der Waals surface area (Å²) in [4.78, 5) is 8.95. The van der Waals surface area contributed by atoms with Crippen molar-refractivity contribution >= 4 is 0 Å². The Morgan fingerprint density at radius 1 is 0.652 bits per heavy atom. The number of aromatic nitrogens is 3. The highest BCUT2D eigenvalue weighted by atomic mass is 15.0. The van der Waals surface area contributed by atoms with E-state index in [9.17, 15) is 0 Å². The van der Waals surface area contributed by atoms with E-state index in [1.54, 1.807) is 0 Å². The third-order valence-electron chi connectivity index (χ3n) is 3.76. The molecular weight excluding hydrogens is 282 g/mol. The van der Waals surface area contributed by atoms with Crippen LogP contribution in [0.4, 0.5) is 0 Å². The molecule has 0 amide bonds. The standard InChI is InChI=1S/C20H15N3/c1-2-9-18(10-3-1)23-14-20(22-15-23)17-8-6-7-16(13-17)19-11-4-5-12-21-19/h1-15H. The van der Waals surface area contributed by atoms with Crippen LogP contribution in [0.15, 0.2) is 91.5 Å². The van der Waals surface area contributed by atoms with Crippen LogP contribution >= 0.6 is 0 Å². The molecule has 4 aromatic rings. The van der Waals surface area contributed by atoms with Gasteiger partial charge in [0.1, 0.15) is 0 Å². The van der Waals surface area contributed by atoms with Gasteiger partial charge < -0.3 is 4.57 Å². The van der Waals surface area contributed by atoms with Crippen molar-refractivity contribution in [2.45, 2.75) is 0 Å². The summed E-state index contributed by atoms with van der Waals surface area (Å²) < 4.78 is 2.03. The van der Waals surface area contributed by atoms with Crippen molar-refractivity contribution in [3.05, 3.63) is 91.5 Å². The third-order valence-corrected chi connectivity index (χ3v) is 3.76. The van der Waals surface area contributed by atoms with Crippen molar-refractivity contribution in [1.29, 1.82) is 0 Å². The zero-order valence-corrected chi connectivity index (χ0v) is 12.5. The van der Waals surface area contributed by atoms with E-state index < -0.39 is 0 Å². The Morgan fingerprint density at radius 3 is 2.22 bits per heavy atom. The van der Waals surface area contributed by atoms with E-state index in [0.717, 1.165) is 28.2 Å². The highest BCUT2D eigenvalue weighted by Crippen LogP contribution is 2.24. The molecule has 4 rings (SSSR count). The SMILES string of the molecule is c1ccc(-n2cnc(-c3cccc(-c4ccccn4)c3)c2)cc1. The maximum Gasteiger partial charge on any atom is 0.0999 e. The lowest BCUT2D eigenvalue weighted by atomic mass is 10.1. The van der Waals surface area contributed by atoms with E-state index in [4.69, 9.17) is 0 Å². The van der Waals surface area contributed by atoms with Gasteiger partial charge in [-0.2, -0.15) is 0 Å². The molecule has 2 aromatic heterocycles. The lowest BCUT2D eigenvalue weighted by Gasteiger charge is -2.03. The van der Waals surface area contributed by atoms with Gasteiger partial charge in [0.05, 0.1) is 17.7 Å². The number of benzene rings is 2. The molecule has 3 nitrogen and oxygen atoms in total. The molecule has 0 spiro atoms. The Bertz CT molecular complexity index is 912. The van der Waals surface area contributed by atoms with E-state index in [1.807, 2.05) is 65.8 Å². The van der Waals surface area contributed by atoms with Gasteiger partial charge in [-0.25, -0.2) is 4.98 Å². The van der Waals surface area contributed by atoms with Crippen LogP contribution in [0.2, 0.25) is 0 Å². The molecule has 0 bridgehead atoms. The van der Waals surface area contributed by atoms with Gasteiger partial charge in [0.2, 0.25) is 0 Å². The molecule has 23 heavy (non-hydrogen) atoms. The maximum atomic E-state index is 4.54. The van der Waals surface area contributed by atoms with Crippen LogP contribution in [-0.2, 0) is 0 Å². The van der Waals surface area contributed by atoms with E-state index in [1.165, 1.54) is 0 Å². The predicted molar refractivity (Wildman–Crippen MR) is 92.2 cm³/mol. The van der Waals surface area contributed by atoms with E-state index >= 15 is 0 Å². The minimum atomic E-state index is 0.951. The highest BCUT2D eigenvalue weighted by molar-refractivity contribution is 5.69. The number of imidazole rings is 1. The summed E-state index contributed by atoms with van der Waals surface area (Å²) in [5.74, 6) is 0. The van der Waals surface area contributed by atoms with E-state index in [2.05, 4.69) is 40.3 Å². The first-order valence-electron chi connectivity index (χ1n) is 7.51. The summed E-state index contributed by atoms with van der Waals surface area (Å²) in [6, 6.07) is 24.4. The quantitative estimate of drug-likeness (QED) is 0.553. The number of rotatable bonds is 3. The van der Waals surface area contributed by atoms with Gasteiger partial charge in [0.15, 0.2) is 0 Å². The third kappa shape index (κ3) is 2.77. The second-order valence-electron chi connectivity index (χ2n) is 5.30. The van der Waals surface area contributed by atoms with Crippen molar-refractivity contribution in [3.63, 3.8) is 0 Å². The summed E-state index contributed by atoms with van der Waals surface area (Å²) in [7, 11) is 0. The van der Waals surface area contributed by atoms with Gasteiger partial charge in [0.25, 0.3) is 0 Å². The van der Waals surface area contributed by atoms with Gasteiger partial charge in [-0.05, 0) is 30.3 Å². The fraction of sp³-hybridized carbons (Fsp3) is 0. The monoisotopic (exact) mass is 297 g/mol. The lowest BCUT2D eigenvalue weighted by molar-refractivity contribution is 1.06. The number of hydrogen-bond acceptors (Lipinski definition) is 2. The topological polar surface area (TPSA) is 30.7 Å². The smallest absolute Gasteiger partial charge is 0.0999 e. The number of pyridine rings is 1. The summed E-state index contributed by atoms with van der Waals surface area (Å²) in [6.07, 6.45) is 5.71. The molecule has 110 valence electrons. The summed E-state index contributed by atoms with van der Waals surface area (Å²) >= 11 is 0. The van der Waals surface area contributed by atoms with Crippen LogP contribution in [0.1, 0.15) is 0 Å². The normalized spacial score (nSPS) is 10.6. The van der Waals surface area contributed by atoms with Gasteiger partial charge in [0, 0.05) is 29.2 Å². The second kappa shape index (κ2) is 5.89. The Labute approximate surface area is 134 Å². The average Bonchev–Trinajstić information content (AvgIpc) is 3.14. The molecule has 0 radical (unpaired) electrons. The van der Waals surface area contributed by atoms with Crippen LogP contribution in [0.3, 0.4) is 0 Å². The molecule has 0 saturated carbocycles. The first-order chi connectivity index (χ1) is 11.4. The number of hydrogen-bond donors (Lipinski definition) is 0. The highest BCUT2D eigenvalue weighted by Gasteiger charge is 2.06. The molecule has 3 heteroatoms. The molecule has 0 unspecified atom stereocenters. The average molecular weight is 297 g/mol. The van der Waals surface area contributed by atoms with E-state index in [-0.39, 0.29) is 0 Å². The lowest BCUT2D eigenvalue weighted by Crippen LogP contribution is -1.88. The zero-order valence-electron chi connectivity index (χ0n) is 12.5. The van der Waals surface area contributed by atoms with Crippen molar-refractivity contribution in [2.75, 3.05) is 0 Å². The number of nitrogens with zero attached hydrogens (tertiary/aromatic N) is 3. The zero-order chi connectivity index (χ0) is 15.5. The molecule has 0 fully saturated rings. The van der Waals surface area contributed by atoms with Crippen molar-refractivity contribution in [3.8, 4) is 28.2 Å². The Balaban J connectivity index is 1.71. The Morgan fingerprint density at radius 2 is 1.43 bits per heavy atom. The van der Waals surface area contributed by atoms with Gasteiger partial charge >= 0.3 is 0 Å². The van der Waals surface area contributed by atoms with Crippen LogP contribution < -0.4 is 0 Å². The number of para-hydroxylation sites is 1. The van der Waals surface area contributed by atoms with Crippen LogP contribution in [0, 0.1) is 0 Å². The second-order valence-corrected chi connectivity index (χ2v) is 5.30. The summed E-state index contributed by atoms with van der Waals surface area (Å²) in [5, 5.41) is 0. The first-order valence-corrected chi connectivity index (χ1v) is 7.51. The maximum absolute atomic E-state index is 4.54. The minimum Gasteiger partial charge on any atom is -0.306 e. The van der Waals surface area contributed by atoms with E-state index in [0.29, 0.717) is 0 Å². The summed E-state index contributed by atoms with van der Waals surface area (Å²) in [6.45, 7) is 0. The first kappa shape index (κ1) is 13.5. The minimum absolute atomic E-state index is 0.951. The molecule has 0 aliphatic rings. The molecule has 0 atom stereocenters.